The maximum Gasteiger partial charge on any atom is 0.264 e. The second kappa shape index (κ2) is 7.92. The van der Waals surface area contributed by atoms with E-state index in [1.807, 2.05) is 6.92 Å². The summed E-state index contributed by atoms with van der Waals surface area (Å²) in [5.74, 6) is 0.846. The molecule has 0 saturated heterocycles. The number of sulfonamides is 1. The number of nitrogens with one attached hydrogen (secondary N) is 1. The van der Waals surface area contributed by atoms with Gasteiger partial charge in [-0.1, -0.05) is 0 Å². The first-order chi connectivity index (χ1) is 14.4. The minimum Gasteiger partial charge on any atom is -0.478 e. The SMILES string of the molecule is COc1nccnc1NS(=O)(=O)c1ccsc1C(=O)Cc1cc2c(cc1C)OCO2. The smallest absolute Gasteiger partial charge is 0.264 e. The monoisotopic (exact) mass is 447 g/mol. The van der Waals surface area contributed by atoms with E-state index in [1.165, 1.54) is 25.6 Å². The molecule has 1 N–H and O–H groups in total. The number of hydrogen-bond acceptors (Lipinski definition) is 9. The van der Waals surface area contributed by atoms with Gasteiger partial charge >= 0.3 is 0 Å². The summed E-state index contributed by atoms with van der Waals surface area (Å²) in [4.78, 5) is 20.8. The topological polar surface area (TPSA) is 117 Å². The summed E-state index contributed by atoms with van der Waals surface area (Å²) in [6.07, 6.45) is 2.74. The Morgan fingerprint density at radius 1 is 1.23 bits per heavy atom. The van der Waals surface area contributed by atoms with E-state index in [-0.39, 0.29) is 40.5 Å². The molecule has 0 bridgehead atoms. The molecule has 0 fully saturated rings. The number of Topliss-reactive ketones (excluding diaryl/α,β-unsaturated/α-hetero) is 1. The molecule has 3 heterocycles. The normalized spacial score (nSPS) is 12.6. The van der Waals surface area contributed by atoms with Gasteiger partial charge in [0.25, 0.3) is 15.9 Å². The van der Waals surface area contributed by atoms with Crippen LogP contribution in [0.25, 0.3) is 0 Å². The van der Waals surface area contributed by atoms with Gasteiger partial charge in [0.1, 0.15) is 4.90 Å². The van der Waals surface area contributed by atoms with Gasteiger partial charge in [-0.25, -0.2) is 18.4 Å². The zero-order valence-corrected chi connectivity index (χ0v) is 17.7. The highest BCUT2D eigenvalue weighted by molar-refractivity contribution is 7.93. The average molecular weight is 447 g/mol. The Morgan fingerprint density at radius 2 is 1.97 bits per heavy atom. The number of benzene rings is 1. The number of fused-ring (bicyclic) bond motifs is 1. The number of aryl methyl sites for hydroxylation is 1. The van der Waals surface area contributed by atoms with Crippen molar-refractivity contribution in [2.45, 2.75) is 18.2 Å². The predicted molar refractivity (Wildman–Crippen MR) is 109 cm³/mol. The molecule has 0 aliphatic carbocycles. The van der Waals surface area contributed by atoms with E-state index in [9.17, 15) is 13.2 Å². The third-order valence-corrected chi connectivity index (χ3v) is 6.91. The summed E-state index contributed by atoms with van der Waals surface area (Å²) in [6, 6.07) is 4.94. The Kier molecular flexibility index (Phi) is 5.31. The molecule has 4 rings (SSSR count). The third-order valence-electron chi connectivity index (χ3n) is 4.44. The molecule has 2 aromatic heterocycles. The van der Waals surface area contributed by atoms with Gasteiger partial charge in [0, 0.05) is 18.8 Å². The minimum absolute atomic E-state index is 0.0277. The number of carbonyl (C=O) groups excluding carboxylic acids is 1. The molecule has 1 aliphatic rings. The fourth-order valence-corrected chi connectivity index (χ4v) is 5.37. The lowest BCUT2D eigenvalue weighted by Crippen LogP contribution is -2.17. The molecule has 0 saturated carbocycles. The number of hydrogen-bond donors (Lipinski definition) is 1. The molecule has 1 aliphatic heterocycles. The molecular formula is C19H17N3O6S2. The molecule has 0 spiro atoms. The van der Waals surface area contributed by atoms with Crippen LogP contribution < -0.4 is 18.9 Å². The number of anilines is 1. The number of carbonyl (C=O) groups is 1. The van der Waals surface area contributed by atoms with Crippen LogP contribution in [0, 0.1) is 6.92 Å². The van der Waals surface area contributed by atoms with Gasteiger partial charge in [-0.15, -0.1) is 11.3 Å². The number of aromatic nitrogens is 2. The summed E-state index contributed by atoms with van der Waals surface area (Å²) in [7, 11) is -2.72. The van der Waals surface area contributed by atoms with Crippen LogP contribution in [0.15, 0.2) is 40.9 Å². The fourth-order valence-electron chi connectivity index (χ4n) is 2.97. The van der Waals surface area contributed by atoms with Crippen molar-refractivity contribution in [2.75, 3.05) is 18.6 Å². The lowest BCUT2D eigenvalue weighted by molar-refractivity contribution is 0.0994. The van der Waals surface area contributed by atoms with Gasteiger partial charge in [0.2, 0.25) is 12.6 Å². The van der Waals surface area contributed by atoms with Crippen molar-refractivity contribution in [1.29, 1.82) is 0 Å². The number of methoxy groups -OCH3 is 1. The minimum atomic E-state index is -4.08. The summed E-state index contributed by atoms with van der Waals surface area (Å²) in [5.41, 5.74) is 1.60. The molecule has 0 atom stereocenters. The Labute approximate surface area is 176 Å². The van der Waals surface area contributed by atoms with E-state index in [2.05, 4.69) is 14.7 Å². The molecule has 1 aromatic carbocycles. The van der Waals surface area contributed by atoms with E-state index < -0.39 is 10.0 Å². The van der Waals surface area contributed by atoms with Crippen LogP contribution in [0.5, 0.6) is 17.4 Å². The number of thiophene rings is 1. The van der Waals surface area contributed by atoms with Crippen LogP contribution in [0.1, 0.15) is 20.8 Å². The van der Waals surface area contributed by atoms with Crippen molar-refractivity contribution >= 4 is 33.0 Å². The summed E-state index contributed by atoms with van der Waals surface area (Å²) < 4.78 is 43.9. The van der Waals surface area contributed by atoms with Crippen LogP contribution in [0.3, 0.4) is 0 Å². The second-order valence-corrected chi connectivity index (χ2v) is 8.93. The molecule has 9 nitrogen and oxygen atoms in total. The van der Waals surface area contributed by atoms with Crippen molar-refractivity contribution in [3.05, 3.63) is 52.0 Å². The van der Waals surface area contributed by atoms with Crippen molar-refractivity contribution in [3.63, 3.8) is 0 Å². The highest BCUT2D eigenvalue weighted by Gasteiger charge is 2.27. The standard InChI is InChI=1S/C19H17N3O6S2/c1-11-7-14-15(28-10-27-14)9-12(11)8-13(23)17-16(3-6-29-17)30(24,25)22-18-19(26-2)21-5-4-20-18/h3-7,9H,8,10H2,1-2H3,(H,20,22). The van der Waals surface area contributed by atoms with Gasteiger partial charge in [-0.3, -0.25) is 9.52 Å². The van der Waals surface area contributed by atoms with Crippen molar-refractivity contribution in [2.24, 2.45) is 0 Å². The van der Waals surface area contributed by atoms with E-state index >= 15 is 0 Å². The van der Waals surface area contributed by atoms with Crippen molar-refractivity contribution in [1.82, 2.24) is 9.97 Å². The highest BCUT2D eigenvalue weighted by Crippen LogP contribution is 2.35. The van der Waals surface area contributed by atoms with E-state index in [4.69, 9.17) is 14.2 Å². The zero-order valence-electron chi connectivity index (χ0n) is 16.0. The first-order valence-electron chi connectivity index (χ1n) is 8.76. The van der Waals surface area contributed by atoms with E-state index in [1.54, 1.807) is 17.5 Å². The number of ketones is 1. The van der Waals surface area contributed by atoms with Crippen LogP contribution >= 0.6 is 11.3 Å². The average Bonchev–Trinajstić information content (AvgIpc) is 3.38. The van der Waals surface area contributed by atoms with Crippen molar-refractivity contribution in [3.8, 4) is 17.4 Å². The zero-order chi connectivity index (χ0) is 21.3. The third kappa shape index (κ3) is 3.81. The Morgan fingerprint density at radius 3 is 2.73 bits per heavy atom. The van der Waals surface area contributed by atoms with Gasteiger partial charge in [0.05, 0.1) is 12.0 Å². The Balaban J connectivity index is 1.60. The molecule has 30 heavy (non-hydrogen) atoms. The fraction of sp³-hybridized carbons (Fsp3) is 0.211. The lowest BCUT2D eigenvalue weighted by atomic mass is 10.0. The Bertz CT molecular complexity index is 1220. The lowest BCUT2D eigenvalue weighted by Gasteiger charge is -2.10. The van der Waals surface area contributed by atoms with E-state index in [0.717, 1.165) is 22.5 Å². The quantitative estimate of drug-likeness (QED) is 0.550. The molecule has 0 unspecified atom stereocenters. The largest absolute Gasteiger partial charge is 0.478 e. The van der Waals surface area contributed by atoms with Crippen LogP contribution in [0.2, 0.25) is 0 Å². The van der Waals surface area contributed by atoms with Gasteiger partial charge in [0.15, 0.2) is 17.3 Å². The molecule has 0 radical (unpaired) electrons. The first kappa shape index (κ1) is 20.1. The molecular weight excluding hydrogens is 430 g/mol. The summed E-state index contributed by atoms with van der Waals surface area (Å²) >= 11 is 1.06. The summed E-state index contributed by atoms with van der Waals surface area (Å²) in [5, 5.41) is 1.56. The van der Waals surface area contributed by atoms with Crippen molar-refractivity contribution < 1.29 is 27.4 Å². The number of nitrogens with zero attached hydrogens (tertiary/aromatic N) is 2. The highest BCUT2D eigenvalue weighted by atomic mass is 32.2. The number of rotatable bonds is 7. The van der Waals surface area contributed by atoms with Crippen LogP contribution in [-0.2, 0) is 16.4 Å². The molecule has 3 aromatic rings. The summed E-state index contributed by atoms with van der Waals surface area (Å²) in [6.45, 7) is 2.00. The second-order valence-electron chi connectivity index (χ2n) is 6.37. The molecule has 11 heteroatoms. The van der Waals surface area contributed by atoms with Gasteiger partial charge in [-0.2, -0.15) is 0 Å². The van der Waals surface area contributed by atoms with E-state index in [0.29, 0.717) is 11.5 Å². The Hall–Kier alpha value is -3.18. The predicted octanol–water partition coefficient (Wildman–Crippen LogP) is 2.81. The molecule has 156 valence electrons. The van der Waals surface area contributed by atoms with Gasteiger partial charge in [-0.05, 0) is 41.6 Å². The van der Waals surface area contributed by atoms with Crippen LogP contribution in [0.4, 0.5) is 5.82 Å². The molecule has 0 amide bonds. The maximum atomic E-state index is 13.0. The first-order valence-corrected chi connectivity index (χ1v) is 11.1. The maximum absolute atomic E-state index is 13.0. The van der Waals surface area contributed by atoms with Gasteiger partial charge < -0.3 is 14.2 Å². The number of ether oxygens (including phenoxy) is 3. The van der Waals surface area contributed by atoms with Crippen LogP contribution in [-0.4, -0.2) is 38.1 Å².